The SMILES string of the molecule is COc1cccc(-c2ccnc(CS(=O)[O-])n2)c1. The van der Waals surface area contributed by atoms with Gasteiger partial charge in [-0.1, -0.05) is 12.1 Å². The second-order valence-electron chi connectivity index (χ2n) is 3.54. The number of ether oxygens (including phenoxy) is 1. The first-order chi connectivity index (χ1) is 8.69. The monoisotopic (exact) mass is 263 g/mol. The second-order valence-corrected chi connectivity index (χ2v) is 4.43. The zero-order chi connectivity index (χ0) is 13.0. The Morgan fingerprint density at radius 2 is 2.22 bits per heavy atom. The van der Waals surface area contributed by atoms with E-state index in [0.29, 0.717) is 5.69 Å². The van der Waals surface area contributed by atoms with Gasteiger partial charge in [-0.25, -0.2) is 9.97 Å². The number of hydrogen-bond acceptors (Lipinski definition) is 5. The number of rotatable bonds is 4. The lowest BCUT2D eigenvalue weighted by Gasteiger charge is -2.07. The van der Waals surface area contributed by atoms with Gasteiger partial charge in [0, 0.05) is 11.8 Å². The molecule has 1 atom stereocenters. The van der Waals surface area contributed by atoms with Crippen LogP contribution in [0, 0.1) is 0 Å². The van der Waals surface area contributed by atoms with Crippen molar-refractivity contribution in [3.63, 3.8) is 0 Å². The third kappa shape index (κ3) is 3.12. The summed E-state index contributed by atoms with van der Waals surface area (Å²) in [5.74, 6) is 0.821. The zero-order valence-corrected chi connectivity index (χ0v) is 10.5. The maximum absolute atomic E-state index is 10.6. The van der Waals surface area contributed by atoms with Crippen molar-refractivity contribution < 1.29 is 13.5 Å². The van der Waals surface area contributed by atoms with Gasteiger partial charge < -0.3 is 9.29 Å². The zero-order valence-electron chi connectivity index (χ0n) is 9.70. The lowest BCUT2D eigenvalue weighted by molar-refractivity contribution is 0.415. The molecule has 0 bridgehead atoms. The van der Waals surface area contributed by atoms with Crippen molar-refractivity contribution in [2.75, 3.05) is 7.11 Å². The third-order valence-electron chi connectivity index (χ3n) is 2.32. The highest BCUT2D eigenvalue weighted by molar-refractivity contribution is 7.78. The van der Waals surface area contributed by atoms with Crippen molar-refractivity contribution in [3.8, 4) is 17.0 Å². The fraction of sp³-hybridized carbons (Fsp3) is 0.167. The first-order valence-corrected chi connectivity index (χ1v) is 6.45. The van der Waals surface area contributed by atoms with E-state index in [1.165, 1.54) is 0 Å². The fourth-order valence-electron chi connectivity index (χ4n) is 1.52. The summed E-state index contributed by atoms with van der Waals surface area (Å²) in [5.41, 5.74) is 1.53. The molecule has 0 aliphatic rings. The van der Waals surface area contributed by atoms with E-state index in [9.17, 15) is 8.76 Å². The number of benzene rings is 1. The van der Waals surface area contributed by atoms with Gasteiger partial charge in [0.2, 0.25) is 0 Å². The highest BCUT2D eigenvalue weighted by atomic mass is 32.2. The van der Waals surface area contributed by atoms with Crippen molar-refractivity contribution in [2.45, 2.75) is 5.75 Å². The van der Waals surface area contributed by atoms with E-state index >= 15 is 0 Å². The summed E-state index contributed by atoms with van der Waals surface area (Å²) < 4.78 is 26.4. The lowest BCUT2D eigenvalue weighted by atomic mass is 10.1. The molecule has 0 amide bonds. The van der Waals surface area contributed by atoms with Crippen LogP contribution in [0.1, 0.15) is 5.82 Å². The molecule has 94 valence electrons. The molecule has 0 radical (unpaired) electrons. The molecule has 0 aliphatic heterocycles. The van der Waals surface area contributed by atoms with E-state index < -0.39 is 11.1 Å². The number of aromatic nitrogens is 2. The number of hydrogen-bond donors (Lipinski definition) is 0. The molecule has 0 saturated heterocycles. The Hall–Kier alpha value is -1.79. The van der Waals surface area contributed by atoms with Crippen molar-refractivity contribution in [1.82, 2.24) is 9.97 Å². The fourth-order valence-corrected chi connectivity index (χ4v) is 1.87. The van der Waals surface area contributed by atoms with Crippen LogP contribution in [0.4, 0.5) is 0 Å². The molecule has 6 heteroatoms. The molecule has 18 heavy (non-hydrogen) atoms. The summed E-state index contributed by atoms with van der Waals surface area (Å²) in [4.78, 5) is 8.11. The van der Waals surface area contributed by atoms with Crippen LogP contribution < -0.4 is 4.74 Å². The third-order valence-corrected chi connectivity index (χ3v) is 2.81. The van der Waals surface area contributed by atoms with E-state index in [-0.39, 0.29) is 11.6 Å². The molecule has 0 N–H and O–H groups in total. The summed E-state index contributed by atoms with van der Waals surface area (Å²) in [6.07, 6.45) is 1.55. The number of methoxy groups -OCH3 is 1. The Bertz CT molecular complexity index is 575. The van der Waals surface area contributed by atoms with E-state index in [2.05, 4.69) is 9.97 Å². The van der Waals surface area contributed by atoms with Gasteiger partial charge in [-0.2, -0.15) is 0 Å². The Morgan fingerprint density at radius 1 is 1.39 bits per heavy atom. The van der Waals surface area contributed by atoms with Crippen molar-refractivity contribution in [2.24, 2.45) is 0 Å². The average Bonchev–Trinajstić information content (AvgIpc) is 2.38. The largest absolute Gasteiger partial charge is 0.772 e. The summed E-state index contributed by atoms with van der Waals surface area (Å²) in [7, 11) is 1.59. The normalized spacial score (nSPS) is 12.1. The van der Waals surface area contributed by atoms with Crippen molar-refractivity contribution in [1.29, 1.82) is 0 Å². The predicted molar refractivity (Wildman–Crippen MR) is 66.6 cm³/mol. The van der Waals surface area contributed by atoms with Gasteiger partial charge in [0.15, 0.2) is 0 Å². The molecule has 0 spiro atoms. The van der Waals surface area contributed by atoms with Gasteiger partial charge >= 0.3 is 0 Å². The Labute approximate surface area is 107 Å². The molecular formula is C12H11N2O3S-. The second kappa shape index (κ2) is 5.70. The molecule has 2 aromatic rings. The first kappa shape index (κ1) is 12.7. The highest BCUT2D eigenvalue weighted by Crippen LogP contribution is 2.21. The topological polar surface area (TPSA) is 75.1 Å². The van der Waals surface area contributed by atoms with Crippen molar-refractivity contribution >= 4 is 11.1 Å². The van der Waals surface area contributed by atoms with Crippen molar-refractivity contribution in [3.05, 3.63) is 42.4 Å². The van der Waals surface area contributed by atoms with Crippen LogP contribution >= 0.6 is 0 Å². The van der Waals surface area contributed by atoms with Crippen LogP contribution in [0.15, 0.2) is 36.5 Å². The van der Waals surface area contributed by atoms with E-state index in [1.807, 2.05) is 24.3 Å². The minimum absolute atomic E-state index is 0.183. The van der Waals surface area contributed by atoms with Gasteiger partial charge in [0.05, 0.1) is 18.6 Å². The molecule has 1 heterocycles. The van der Waals surface area contributed by atoms with Crippen LogP contribution in [-0.4, -0.2) is 25.8 Å². The van der Waals surface area contributed by atoms with E-state index in [4.69, 9.17) is 4.74 Å². The molecule has 1 unspecified atom stereocenters. The van der Waals surface area contributed by atoms with E-state index in [0.717, 1.165) is 11.3 Å². The van der Waals surface area contributed by atoms with Crippen LogP contribution in [-0.2, 0) is 16.8 Å². The molecular weight excluding hydrogens is 252 g/mol. The van der Waals surface area contributed by atoms with Gasteiger partial charge in [-0.3, -0.25) is 4.21 Å². The summed E-state index contributed by atoms with van der Waals surface area (Å²) in [6.45, 7) is 0. The summed E-state index contributed by atoms with van der Waals surface area (Å²) in [6, 6.07) is 9.12. The minimum Gasteiger partial charge on any atom is -0.772 e. The van der Waals surface area contributed by atoms with Gasteiger partial charge in [0.1, 0.15) is 11.6 Å². The van der Waals surface area contributed by atoms with Gasteiger partial charge in [-0.15, -0.1) is 0 Å². The smallest absolute Gasteiger partial charge is 0.140 e. The molecule has 5 nitrogen and oxygen atoms in total. The molecule has 2 rings (SSSR count). The summed E-state index contributed by atoms with van der Waals surface area (Å²) >= 11 is -2.19. The standard InChI is InChI=1S/C12H12N2O3S/c1-17-10-4-2-3-9(7-10)11-5-6-13-12(14-11)8-18(15)16/h2-7H,8H2,1H3,(H,15,16)/p-1. The maximum atomic E-state index is 10.6. The Balaban J connectivity index is 2.34. The number of nitrogens with zero attached hydrogens (tertiary/aromatic N) is 2. The summed E-state index contributed by atoms with van der Waals surface area (Å²) in [5, 5.41) is 0. The first-order valence-electron chi connectivity index (χ1n) is 5.21. The molecule has 0 fully saturated rings. The molecule has 1 aromatic carbocycles. The lowest BCUT2D eigenvalue weighted by Crippen LogP contribution is -2.00. The molecule has 0 aliphatic carbocycles. The molecule has 1 aromatic heterocycles. The Morgan fingerprint density at radius 3 is 2.94 bits per heavy atom. The van der Waals surface area contributed by atoms with Gasteiger partial charge in [-0.05, 0) is 29.3 Å². The average molecular weight is 263 g/mol. The molecule has 0 saturated carbocycles. The quantitative estimate of drug-likeness (QED) is 0.782. The Kier molecular flexibility index (Phi) is 4.01. The van der Waals surface area contributed by atoms with Crippen LogP contribution in [0.25, 0.3) is 11.3 Å². The maximum Gasteiger partial charge on any atom is 0.140 e. The minimum atomic E-state index is -2.19. The highest BCUT2D eigenvalue weighted by Gasteiger charge is 2.03. The van der Waals surface area contributed by atoms with Gasteiger partial charge in [0.25, 0.3) is 0 Å². The van der Waals surface area contributed by atoms with Crippen LogP contribution in [0.3, 0.4) is 0 Å². The predicted octanol–water partition coefficient (Wildman–Crippen LogP) is 1.53. The van der Waals surface area contributed by atoms with Crippen LogP contribution in [0.2, 0.25) is 0 Å². The van der Waals surface area contributed by atoms with Crippen LogP contribution in [0.5, 0.6) is 5.75 Å². The van der Waals surface area contributed by atoms with E-state index in [1.54, 1.807) is 19.4 Å².